The van der Waals surface area contributed by atoms with Crippen molar-refractivity contribution in [2.24, 2.45) is 0 Å². The number of benzene rings is 2. The largest absolute Gasteiger partial charge is 0.507 e. The second-order valence-corrected chi connectivity index (χ2v) is 4.38. The number of phenols is 1. The minimum Gasteiger partial charge on any atom is -0.507 e. The van der Waals surface area contributed by atoms with Crippen molar-refractivity contribution in [2.45, 2.75) is 19.3 Å². The van der Waals surface area contributed by atoms with Crippen LogP contribution >= 0.6 is 0 Å². The monoisotopic (exact) mass is 260 g/mol. The Balaban J connectivity index is 2.33. The SMILES string of the molecule is COc1cccc2c(O)c(CCCC(=O)O)ccc12. The molecule has 100 valence electrons. The first-order valence-electron chi connectivity index (χ1n) is 6.13. The third-order valence-corrected chi connectivity index (χ3v) is 3.13. The summed E-state index contributed by atoms with van der Waals surface area (Å²) in [6, 6.07) is 9.20. The maximum atomic E-state index is 10.5. The van der Waals surface area contributed by atoms with E-state index in [2.05, 4.69) is 0 Å². The second-order valence-electron chi connectivity index (χ2n) is 4.38. The lowest BCUT2D eigenvalue weighted by Crippen LogP contribution is -1.96. The van der Waals surface area contributed by atoms with Crippen molar-refractivity contribution in [3.05, 3.63) is 35.9 Å². The predicted octanol–water partition coefficient (Wildman–Crippen LogP) is 2.96. The number of carboxylic acids is 1. The van der Waals surface area contributed by atoms with Gasteiger partial charge in [0.05, 0.1) is 7.11 Å². The molecular formula is C15H16O4. The molecule has 0 aliphatic rings. The van der Waals surface area contributed by atoms with Crippen LogP contribution in [0.3, 0.4) is 0 Å². The van der Waals surface area contributed by atoms with E-state index in [4.69, 9.17) is 9.84 Å². The van der Waals surface area contributed by atoms with Gasteiger partial charge in [-0.05, 0) is 24.5 Å². The number of aliphatic carboxylic acids is 1. The fourth-order valence-corrected chi connectivity index (χ4v) is 2.17. The standard InChI is InChI=1S/C15H16O4/c1-19-13-6-3-5-12-11(13)9-8-10(15(12)18)4-2-7-14(16)17/h3,5-6,8-9,18H,2,4,7H2,1H3,(H,16,17). The van der Waals surface area contributed by atoms with E-state index in [1.807, 2.05) is 30.3 Å². The number of aromatic hydroxyl groups is 1. The molecule has 0 amide bonds. The highest BCUT2D eigenvalue weighted by Crippen LogP contribution is 2.34. The zero-order chi connectivity index (χ0) is 13.8. The molecule has 0 heterocycles. The van der Waals surface area contributed by atoms with Crippen LogP contribution in [0.25, 0.3) is 10.8 Å². The number of phenolic OH excluding ortho intramolecular Hbond substituents is 1. The summed E-state index contributed by atoms with van der Waals surface area (Å²) in [6.45, 7) is 0. The van der Waals surface area contributed by atoms with Crippen LogP contribution < -0.4 is 4.74 Å². The molecule has 4 heteroatoms. The highest BCUT2D eigenvalue weighted by molar-refractivity contribution is 5.93. The van der Waals surface area contributed by atoms with Gasteiger partial charge in [0.15, 0.2) is 0 Å². The molecule has 0 fully saturated rings. The van der Waals surface area contributed by atoms with Crippen LogP contribution in [0.5, 0.6) is 11.5 Å². The summed E-state index contributed by atoms with van der Waals surface area (Å²) in [6.07, 6.45) is 1.17. The van der Waals surface area contributed by atoms with E-state index in [9.17, 15) is 9.90 Å². The molecule has 4 nitrogen and oxygen atoms in total. The van der Waals surface area contributed by atoms with Gasteiger partial charge >= 0.3 is 5.97 Å². The molecule has 19 heavy (non-hydrogen) atoms. The average molecular weight is 260 g/mol. The summed E-state index contributed by atoms with van der Waals surface area (Å²) >= 11 is 0. The molecule has 2 rings (SSSR count). The number of fused-ring (bicyclic) bond motifs is 1. The minimum absolute atomic E-state index is 0.107. The first-order chi connectivity index (χ1) is 9.13. The van der Waals surface area contributed by atoms with Crippen molar-refractivity contribution in [2.75, 3.05) is 7.11 Å². The van der Waals surface area contributed by atoms with E-state index >= 15 is 0 Å². The molecule has 0 saturated heterocycles. The van der Waals surface area contributed by atoms with Crippen molar-refractivity contribution in [3.63, 3.8) is 0 Å². The van der Waals surface area contributed by atoms with E-state index in [0.29, 0.717) is 18.6 Å². The smallest absolute Gasteiger partial charge is 0.303 e. The summed E-state index contributed by atoms with van der Waals surface area (Å²) in [7, 11) is 1.59. The van der Waals surface area contributed by atoms with E-state index in [0.717, 1.165) is 16.3 Å². The average Bonchev–Trinajstić information content (AvgIpc) is 2.40. The molecule has 0 aliphatic heterocycles. The molecule has 0 atom stereocenters. The Kier molecular flexibility index (Phi) is 3.90. The maximum absolute atomic E-state index is 10.5. The Morgan fingerprint density at radius 2 is 2.00 bits per heavy atom. The molecule has 0 spiro atoms. The number of methoxy groups -OCH3 is 1. The zero-order valence-corrected chi connectivity index (χ0v) is 10.7. The van der Waals surface area contributed by atoms with Gasteiger partial charge in [-0.15, -0.1) is 0 Å². The van der Waals surface area contributed by atoms with E-state index < -0.39 is 5.97 Å². The van der Waals surface area contributed by atoms with Gasteiger partial charge in [-0.2, -0.15) is 0 Å². The van der Waals surface area contributed by atoms with Crippen LogP contribution in [0.1, 0.15) is 18.4 Å². The van der Waals surface area contributed by atoms with Gasteiger partial charge in [0.25, 0.3) is 0 Å². The van der Waals surface area contributed by atoms with Crippen molar-refractivity contribution < 1.29 is 19.7 Å². The third-order valence-electron chi connectivity index (χ3n) is 3.13. The zero-order valence-electron chi connectivity index (χ0n) is 10.7. The molecule has 0 aromatic heterocycles. The van der Waals surface area contributed by atoms with E-state index in [-0.39, 0.29) is 12.2 Å². The molecular weight excluding hydrogens is 244 g/mol. The number of hydrogen-bond donors (Lipinski definition) is 2. The second kappa shape index (κ2) is 5.61. The highest BCUT2D eigenvalue weighted by Gasteiger charge is 2.09. The highest BCUT2D eigenvalue weighted by atomic mass is 16.5. The quantitative estimate of drug-likeness (QED) is 0.867. The van der Waals surface area contributed by atoms with Crippen molar-refractivity contribution in [1.29, 1.82) is 0 Å². The lowest BCUT2D eigenvalue weighted by atomic mass is 10.0. The summed E-state index contributed by atoms with van der Waals surface area (Å²) in [5, 5.41) is 20.4. The summed E-state index contributed by atoms with van der Waals surface area (Å²) in [5.74, 6) is 0.105. The Morgan fingerprint density at radius 3 is 2.68 bits per heavy atom. The molecule has 2 aromatic carbocycles. The van der Waals surface area contributed by atoms with Crippen LogP contribution in [0.15, 0.2) is 30.3 Å². The van der Waals surface area contributed by atoms with Gasteiger partial charge < -0.3 is 14.9 Å². The fraction of sp³-hybridized carbons (Fsp3) is 0.267. The third kappa shape index (κ3) is 2.78. The lowest BCUT2D eigenvalue weighted by molar-refractivity contribution is -0.137. The van der Waals surface area contributed by atoms with Crippen LogP contribution in [0.4, 0.5) is 0 Å². The molecule has 0 radical (unpaired) electrons. The number of rotatable bonds is 5. The Morgan fingerprint density at radius 1 is 1.21 bits per heavy atom. The van der Waals surface area contributed by atoms with Crippen molar-refractivity contribution >= 4 is 16.7 Å². The molecule has 0 saturated carbocycles. The number of carboxylic acid groups (broad SMARTS) is 1. The van der Waals surface area contributed by atoms with Gasteiger partial charge in [-0.3, -0.25) is 4.79 Å². The predicted molar refractivity (Wildman–Crippen MR) is 72.7 cm³/mol. The number of aryl methyl sites for hydroxylation is 1. The van der Waals surface area contributed by atoms with Crippen LogP contribution in [-0.2, 0) is 11.2 Å². The van der Waals surface area contributed by atoms with Gasteiger partial charge in [-0.25, -0.2) is 0 Å². The van der Waals surface area contributed by atoms with Gasteiger partial charge in [0.1, 0.15) is 11.5 Å². The summed E-state index contributed by atoms with van der Waals surface area (Å²) in [4.78, 5) is 10.5. The van der Waals surface area contributed by atoms with Crippen molar-refractivity contribution in [3.8, 4) is 11.5 Å². The van der Waals surface area contributed by atoms with Gasteiger partial charge in [0.2, 0.25) is 0 Å². The van der Waals surface area contributed by atoms with Crippen molar-refractivity contribution in [1.82, 2.24) is 0 Å². The summed E-state index contributed by atoms with van der Waals surface area (Å²) in [5.41, 5.74) is 0.766. The van der Waals surface area contributed by atoms with Gasteiger partial charge in [0, 0.05) is 17.2 Å². The maximum Gasteiger partial charge on any atom is 0.303 e. The molecule has 2 aromatic rings. The molecule has 0 aliphatic carbocycles. The Bertz CT molecular complexity index is 604. The summed E-state index contributed by atoms with van der Waals surface area (Å²) < 4.78 is 5.25. The van der Waals surface area contributed by atoms with Crippen LogP contribution in [-0.4, -0.2) is 23.3 Å². The van der Waals surface area contributed by atoms with Crippen LogP contribution in [0.2, 0.25) is 0 Å². The minimum atomic E-state index is -0.818. The molecule has 0 bridgehead atoms. The van der Waals surface area contributed by atoms with E-state index in [1.54, 1.807) is 7.11 Å². The molecule has 0 unspecified atom stereocenters. The van der Waals surface area contributed by atoms with E-state index in [1.165, 1.54) is 0 Å². The fourth-order valence-electron chi connectivity index (χ4n) is 2.17. The Hall–Kier alpha value is -2.23. The normalized spacial score (nSPS) is 10.6. The lowest BCUT2D eigenvalue weighted by Gasteiger charge is -2.10. The molecule has 2 N–H and O–H groups in total. The van der Waals surface area contributed by atoms with Gasteiger partial charge in [-0.1, -0.05) is 24.3 Å². The number of hydrogen-bond acceptors (Lipinski definition) is 3. The number of carbonyl (C=O) groups is 1. The first-order valence-corrected chi connectivity index (χ1v) is 6.13. The number of ether oxygens (including phenoxy) is 1. The van der Waals surface area contributed by atoms with Crippen LogP contribution in [0, 0.1) is 0 Å². The Labute approximate surface area is 111 Å². The first kappa shape index (κ1) is 13.2. The topological polar surface area (TPSA) is 66.8 Å².